The van der Waals surface area contributed by atoms with Gasteiger partial charge in [0.2, 0.25) is 0 Å². The van der Waals surface area contributed by atoms with Crippen LogP contribution in [0.1, 0.15) is 240 Å². The third-order valence-corrected chi connectivity index (χ3v) is 13.0. The van der Waals surface area contributed by atoms with Crippen molar-refractivity contribution in [3.05, 3.63) is 48.6 Å². The molecule has 0 aromatic heterocycles. The Balaban J connectivity index is 2.67. The molecule has 0 bridgehead atoms. The van der Waals surface area contributed by atoms with Crippen molar-refractivity contribution in [1.29, 1.82) is 0 Å². The molecular formula is C58H104N2O7. The van der Waals surface area contributed by atoms with Crippen molar-refractivity contribution in [2.75, 3.05) is 46.6 Å². The highest BCUT2D eigenvalue weighted by molar-refractivity contribution is 5.81. The second-order valence-corrected chi connectivity index (χ2v) is 19.3. The highest BCUT2D eigenvalue weighted by Gasteiger charge is 2.58. The lowest BCUT2D eigenvalue weighted by Gasteiger charge is -2.28. The zero-order valence-electron chi connectivity index (χ0n) is 44.2. The number of allylic oxidation sites excluding steroid dienone is 8. The van der Waals surface area contributed by atoms with Gasteiger partial charge in [0.05, 0.1) is 18.2 Å². The number of carbonyl (C=O) groups excluding carboxylic acids is 3. The first-order chi connectivity index (χ1) is 32.8. The first-order valence-corrected chi connectivity index (χ1v) is 28.0. The molecule has 1 aliphatic rings. The predicted octanol–water partition coefficient (Wildman–Crippen LogP) is 15.0. The molecule has 0 aliphatic heterocycles. The van der Waals surface area contributed by atoms with E-state index >= 15 is 0 Å². The molecule has 0 amide bonds. The van der Waals surface area contributed by atoms with E-state index in [1.165, 1.54) is 77.0 Å². The molecule has 1 unspecified atom stereocenters. The summed E-state index contributed by atoms with van der Waals surface area (Å²) in [5.41, 5.74) is -0.737. The van der Waals surface area contributed by atoms with Crippen molar-refractivity contribution in [2.45, 2.75) is 252 Å². The van der Waals surface area contributed by atoms with Gasteiger partial charge in [0.1, 0.15) is 13.2 Å². The Labute approximate surface area is 412 Å². The molecule has 1 N–H and O–H groups in total. The molecule has 0 heterocycles. The molecule has 0 radical (unpaired) electrons. The number of carbonyl (C=O) groups is 3. The van der Waals surface area contributed by atoms with Gasteiger partial charge in [-0.25, -0.2) is 0 Å². The van der Waals surface area contributed by atoms with Crippen LogP contribution in [0.25, 0.3) is 0 Å². The van der Waals surface area contributed by atoms with Gasteiger partial charge < -0.3 is 23.8 Å². The van der Waals surface area contributed by atoms with Crippen LogP contribution in [0.2, 0.25) is 0 Å². The number of hydrogen-bond acceptors (Lipinski definition) is 9. The number of nitrogens with zero attached hydrogens (tertiary/aromatic N) is 1. The number of unbranched alkanes of at least 4 members (excludes halogenated alkanes) is 21. The van der Waals surface area contributed by atoms with Crippen molar-refractivity contribution >= 4 is 17.9 Å². The lowest BCUT2D eigenvalue weighted by atomic mass is 9.93. The van der Waals surface area contributed by atoms with Crippen molar-refractivity contribution in [3.63, 3.8) is 0 Å². The van der Waals surface area contributed by atoms with Gasteiger partial charge in [-0.15, -0.1) is 0 Å². The number of nitrogens with one attached hydrogen (secondary N) is 1. The largest absolute Gasteiger partial charge is 0.462 e. The molecule has 0 aromatic carbocycles. The fourth-order valence-electron chi connectivity index (χ4n) is 8.14. The maximum absolute atomic E-state index is 14.1. The minimum Gasteiger partial charge on any atom is -0.462 e. The van der Waals surface area contributed by atoms with E-state index in [9.17, 15) is 14.4 Å². The van der Waals surface area contributed by atoms with E-state index in [1.54, 1.807) is 0 Å². The van der Waals surface area contributed by atoms with Crippen LogP contribution in [0.15, 0.2) is 48.6 Å². The van der Waals surface area contributed by atoms with Crippen molar-refractivity contribution < 1.29 is 33.3 Å². The quantitative estimate of drug-likeness (QED) is 0.0210. The first kappa shape index (κ1) is 62.3. The van der Waals surface area contributed by atoms with Crippen LogP contribution in [0, 0.1) is 5.41 Å². The second kappa shape index (κ2) is 45.7. The van der Waals surface area contributed by atoms with Gasteiger partial charge in [-0.2, -0.15) is 0 Å². The molecule has 9 nitrogen and oxygen atoms in total. The molecule has 1 rings (SSSR count). The van der Waals surface area contributed by atoms with E-state index < -0.39 is 11.5 Å². The number of rotatable bonds is 49. The summed E-state index contributed by atoms with van der Waals surface area (Å²) in [6.45, 7) is 11.6. The van der Waals surface area contributed by atoms with Crippen molar-refractivity contribution in [3.8, 4) is 0 Å². The zero-order chi connectivity index (χ0) is 48.7. The molecule has 67 heavy (non-hydrogen) atoms. The highest BCUT2D eigenvalue weighted by Crippen LogP contribution is 2.52. The van der Waals surface area contributed by atoms with Crippen molar-refractivity contribution in [2.24, 2.45) is 5.41 Å². The Kier molecular flexibility index (Phi) is 42.5. The van der Waals surface area contributed by atoms with Crippen molar-refractivity contribution in [1.82, 2.24) is 10.2 Å². The lowest BCUT2D eigenvalue weighted by molar-refractivity contribution is -0.176. The van der Waals surface area contributed by atoms with E-state index in [-0.39, 0.29) is 37.2 Å². The van der Waals surface area contributed by atoms with E-state index in [0.29, 0.717) is 32.4 Å². The summed E-state index contributed by atoms with van der Waals surface area (Å²) in [5, 5.41) is 3.40. The molecule has 1 atom stereocenters. The van der Waals surface area contributed by atoms with Crippen LogP contribution in [-0.4, -0.2) is 81.6 Å². The number of ether oxygens (including phenoxy) is 4. The molecular weight excluding hydrogens is 837 g/mol. The predicted molar refractivity (Wildman–Crippen MR) is 281 cm³/mol. The van der Waals surface area contributed by atoms with E-state index in [1.807, 2.05) is 0 Å². The van der Waals surface area contributed by atoms with Gasteiger partial charge in [0.15, 0.2) is 6.10 Å². The maximum atomic E-state index is 14.1. The number of hydrogen-bond donors (Lipinski definition) is 1. The standard InChI is InChI=1S/C58H104N2O7/c1-6-10-13-16-19-21-23-25-27-29-31-33-35-38-41-44-55(61)64-50-53(51-65-56(62)45-42-39-36-34-32-30-28-26-24-22-20-17-14-11-7-2)67-57(63)58(46-47-58)54(43-40-37-18-15-12-8-3)66-52-59-48-49-60(5)9-4/h19-22,25-28,53-54,59H,6-18,23-24,29-52H2,1-5H3/b21-19-,22-20-,27-25-,28-26-. The SMILES string of the molecule is CCCCC/C=C\C/C=C\CCCCCCCC(=O)OCC(COC(=O)CCCCCCC/C=C\C/C=C\CCCCC)OC(=O)C1(C(CCCCCCCC)OCNCCN(C)CC)CC1. The summed E-state index contributed by atoms with van der Waals surface area (Å²) >= 11 is 0. The number of likely N-dealkylation sites (N-methyl/N-ethyl adjacent to an activating group) is 1. The molecule has 9 heteroatoms. The Morgan fingerprint density at radius 3 is 1.43 bits per heavy atom. The van der Waals surface area contributed by atoms with Gasteiger partial charge in [0.25, 0.3) is 0 Å². The van der Waals surface area contributed by atoms with Gasteiger partial charge in [-0.05, 0) is 110 Å². The molecule has 0 aromatic rings. The van der Waals surface area contributed by atoms with Crippen LogP contribution in [-0.2, 0) is 33.3 Å². The molecule has 1 fully saturated rings. The molecule has 1 aliphatic carbocycles. The van der Waals surface area contributed by atoms with E-state index in [0.717, 1.165) is 129 Å². The summed E-state index contributed by atoms with van der Waals surface area (Å²) in [5.74, 6) is -0.962. The van der Waals surface area contributed by atoms with Crippen LogP contribution < -0.4 is 5.32 Å². The summed E-state index contributed by atoms with van der Waals surface area (Å²) in [7, 11) is 2.10. The Bertz CT molecular complexity index is 1230. The van der Waals surface area contributed by atoms with Crippen LogP contribution >= 0.6 is 0 Å². The Morgan fingerprint density at radius 1 is 0.552 bits per heavy atom. The fraction of sp³-hybridized carbons (Fsp3) is 0.810. The molecule has 0 saturated heterocycles. The van der Waals surface area contributed by atoms with E-state index in [2.05, 4.69) is 93.6 Å². The zero-order valence-corrected chi connectivity index (χ0v) is 44.2. The average Bonchev–Trinajstić information content (AvgIpc) is 4.15. The van der Waals surface area contributed by atoms with E-state index in [4.69, 9.17) is 18.9 Å². The third kappa shape index (κ3) is 36.8. The summed E-state index contributed by atoms with van der Waals surface area (Å²) in [6, 6.07) is 0. The topological polar surface area (TPSA) is 103 Å². The average molecular weight is 941 g/mol. The smallest absolute Gasteiger partial charge is 0.315 e. The van der Waals surface area contributed by atoms with Gasteiger partial charge in [-0.1, -0.05) is 179 Å². The minimum absolute atomic E-state index is 0.132. The number of esters is 3. The molecule has 388 valence electrons. The van der Waals surface area contributed by atoms with Crippen LogP contribution in [0.3, 0.4) is 0 Å². The monoisotopic (exact) mass is 941 g/mol. The minimum atomic E-state index is -0.871. The lowest BCUT2D eigenvalue weighted by Crippen LogP contribution is -2.40. The summed E-state index contributed by atoms with van der Waals surface area (Å²) in [6.07, 6.45) is 51.3. The Morgan fingerprint density at radius 2 is 0.970 bits per heavy atom. The molecule has 1 saturated carbocycles. The normalized spacial score (nSPS) is 14.1. The molecule has 0 spiro atoms. The first-order valence-electron chi connectivity index (χ1n) is 28.0. The van der Waals surface area contributed by atoms with Gasteiger partial charge in [-0.3, -0.25) is 19.7 Å². The summed E-state index contributed by atoms with van der Waals surface area (Å²) in [4.78, 5) is 42.2. The summed E-state index contributed by atoms with van der Waals surface area (Å²) < 4.78 is 24.0. The third-order valence-electron chi connectivity index (χ3n) is 13.0. The Hall–Kier alpha value is -2.75. The van der Waals surface area contributed by atoms with Crippen LogP contribution in [0.4, 0.5) is 0 Å². The highest BCUT2D eigenvalue weighted by atomic mass is 16.6. The second-order valence-electron chi connectivity index (χ2n) is 19.3. The van der Waals surface area contributed by atoms with Gasteiger partial charge in [0, 0.05) is 25.9 Å². The van der Waals surface area contributed by atoms with Crippen LogP contribution in [0.5, 0.6) is 0 Å². The van der Waals surface area contributed by atoms with Gasteiger partial charge >= 0.3 is 17.9 Å². The maximum Gasteiger partial charge on any atom is 0.315 e. The fourth-order valence-corrected chi connectivity index (χ4v) is 8.14.